The molecular formula is C17H15F3N2O5. The number of amides is 1. The van der Waals surface area contributed by atoms with Gasteiger partial charge in [0, 0.05) is 6.07 Å². The van der Waals surface area contributed by atoms with E-state index in [9.17, 15) is 28.1 Å². The molecule has 0 saturated heterocycles. The van der Waals surface area contributed by atoms with Crippen molar-refractivity contribution in [1.82, 2.24) is 0 Å². The number of anilines is 1. The first-order chi connectivity index (χ1) is 12.6. The minimum absolute atomic E-state index is 0.0591. The van der Waals surface area contributed by atoms with Crippen molar-refractivity contribution in [1.29, 1.82) is 0 Å². The molecule has 0 spiro atoms. The topological polar surface area (TPSA) is 90.7 Å². The van der Waals surface area contributed by atoms with Crippen LogP contribution >= 0.6 is 0 Å². The number of halogens is 3. The number of nitro groups is 1. The van der Waals surface area contributed by atoms with Crippen LogP contribution in [0.2, 0.25) is 0 Å². The van der Waals surface area contributed by atoms with Crippen molar-refractivity contribution in [3.8, 4) is 11.5 Å². The molecule has 0 fully saturated rings. The summed E-state index contributed by atoms with van der Waals surface area (Å²) in [6.07, 6.45) is -5.66. The van der Waals surface area contributed by atoms with Crippen LogP contribution in [-0.4, -0.2) is 24.0 Å². The van der Waals surface area contributed by atoms with Gasteiger partial charge in [0.1, 0.15) is 11.5 Å². The van der Waals surface area contributed by atoms with E-state index in [0.29, 0.717) is 0 Å². The number of hydrogen-bond acceptors (Lipinski definition) is 5. The van der Waals surface area contributed by atoms with Crippen molar-refractivity contribution in [3.63, 3.8) is 0 Å². The molecule has 0 aliphatic heterocycles. The minimum atomic E-state index is -4.53. The third-order valence-electron chi connectivity index (χ3n) is 3.50. The van der Waals surface area contributed by atoms with Gasteiger partial charge in [0.2, 0.25) is 0 Å². The number of methoxy groups -OCH3 is 1. The van der Waals surface area contributed by atoms with Gasteiger partial charge in [-0.1, -0.05) is 6.07 Å². The van der Waals surface area contributed by atoms with Crippen molar-refractivity contribution in [2.24, 2.45) is 0 Å². The molecule has 144 valence electrons. The number of hydrogen-bond donors (Lipinski definition) is 1. The van der Waals surface area contributed by atoms with Crippen LogP contribution in [0.4, 0.5) is 24.5 Å². The van der Waals surface area contributed by atoms with Gasteiger partial charge in [0.05, 0.1) is 29.4 Å². The Kier molecular flexibility index (Phi) is 5.88. The maximum atomic E-state index is 12.7. The fourth-order valence-electron chi connectivity index (χ4n) is 2.13. The second-order valence-electron chi connectivity index (χ2n) is 5.42. The Bertz CT molecular complexity index is 855. The van der Waals surface area contributed by atoms with Gasteiger partial charge in [0.15, 0.2) is 6.10 Å². The molecule has 7 nitrogen and oxygen atoms in total. The molecular weight excluding hydrogens is 369 g/mol. The SMILES string of the molecule is COc1cc([N+](=O)[O-])ccc1NC(=O)C(C)Oc1cccc(C(F)(F)F)c1. The summed E-state index contributed by atoms with van der Waals surface area (Å²) in [5.74, 6) is -0.730. The molecule has 2 aromatic carbocycles. The summed E-state index contributed by atoms with van der Waals surface area (Å²) >= 11 is 0. The number of nitro benzene ring substituents is 1. The van der Waals surface area contributed by atoms with E-state index < -0.39 is 28.7 Å². The van der Waals surface area contributed by atoms with E-state index in [1.807, 2.05) is 0 Å². The molecule has 10 heteroatoms. The molecule has 1 N–H and O–H groups in total. The van der Waals surface area contributed by atoms with Crippen LogP contribution in [0, 0.1) is 10.1 Å². The molecule has 1 amide bonds. The maximum absolute atomic E-state index is 12.7. The predicted molar refractivity (Wildman–Crippen MR) is 89.8 cm³/mol. The fourth-order valence-corrected chi connectivity index (χ4v) is 2.13. The highest BCUT2D eigenvalue weighted by molar-refractivity contribution is 5.95. The molecule has 0 heterocycles. The van der Waals surface area contributed by atoms with Crippen LogP contribution in [0.1, 0.15) is 12.5 Å². The van der Waals surface area contributed by atoms with Crippen molar-refractivity contribution < 1.29 is 32.4 Å². The number of non-ortho nitro benzene ring substituents is 1. The largest absolute Gasteiger partial charge is 0.494 e. The molecule has 0 aliphatic carbocycles. The zero-order valence-electron chi connectivity index (χ0n) is 14.2. The van der Waals surface area contributed by atoms with Gasteiger partial charge < -0.3 is 14.8 Å². The molecule has 1 atom stereocenters. The van der Waals surface area contributed by atoms with E-state index >= 15 is 0 Å². The van der Waals surface area contributed by atoms with Crippen LogP contribution in [-0.2, 0) is 11.0 Å². The van der Waals surface area contributed by atoms with E-state index in [1.165, 1.54) is 38.3 Å². The molecule has 0 radical (unpaired) electrons. The van der Waals surface area contributed by atoms with Crippen LogP contribution in [0.15, 0.2) is 42.5 Å². The Morgan fingerprint density at radius 3 is 2.52 bits per heavy atom. The maximum Gasteiger partial charge on any atom is 0.416 e. The van der Waals surface area contributed by atoms with Crippen LogP contribution in [0.3, 0.4) is 0 Å². The molecule has 0 bridgehead atoms. The van der Waals surface area contributed by atoms with Crippen molar-refractivity contribution in [2.45, 2.75) is 19.2 Å². The van der Waals surface area contributed by atoms with Gasteiger partial charge in [0.25, 0.3) is 11.6 Å². The van der Waals surface area contributed by atoms with E-state index in [-0.39, 0.29) is 22.9 Å². The van der Waals surface area contributed by atoms with Crippen LogP contribution in [0.5, 0.6) is 11.5 Å². The molecule has 2 rings (SSSR count). The molecule has 0 aliphatic rings. The number of rotatable bonds is 6. The monoisotopic (exact) mass is 384 g/mol. The molecule has 1 unspecified atom stereocenters. The van der Waals surface area contributed by atoms with E-state index in [4.69, 9.17) is 9.47 Å². The first-order valence-electron chi connectivity index (χ1n) is 7.59. The van der Waals surface area contributed by atoms with Gasteiger partial charge in [-0.15, -0.1) is 0 Å². The third kappa shape index (κ3) is 5.09. The van der Waals surface area contributed by atoms with Crippen molar-refractivity contribution in [2.75, 3.05) is 12.4 Å². The summed E-state index contributed by atoms with van der Waals surface area (Å²) in [7, 11) is 1.28. The van der Waals surface area contributed by atoms with E-state index in [0.717, 1.165) is 18.2 Å². The Balaban J connectivity index is 2.11. The average Bonchev–Trinajstić information content (AvgIpc) is 2.61. The summed E-state index contributed by atoms with van der Waals surface area (Å²) in [4.78, 5) is 22.4. The average molecular weight is 384 g/mol. The first kappa shape index (κ1) is 20.0. The second kappa shape index (κ2) is 7.94. The Hall–Kier alpha value is -3.30. The predicted octanol–water partition coefficient (Wildman–Crippen LogP) is 4.03. The smallest absolute Gasteiger partial charge is 0.416 e. The van der Waals surface area contributed by atoms with E-state index in [2.05, 4.69) is 5.32 Å². The number of nitrogens with one attached hydrogen (secondary N) is 1. The molecule has 0 aromatic heterocycles. The lowest BCUT2D eigenvalue weighted by Crippen LogP contribution is -2.30. The normalized spacial score (nSPS) is 12.2. The summed E-state index contributed by atoms with van der Waals surface area (Å²) in [5, 5.41) is 13.2. The lowest BCUT2D eigenvalue weighted by Gasteiger charge is -2.17. The van der Waals surface area contributed by atoms with E-state index in [1.54, 1.807) is 0 Å². The number of ether oxygens (including phenoxy) is 2. The second-order valence-corrected chi connectivity index (χ2v) is 5.42. The number of carbonyl (C=O) groups excluding carboxylic acids is 1. The molecule has 0 saturated carbocycles. The molecule has 27 heavy (non-hydrogen) atoms. The van der Waals surface area contributed by atoms with Crippen LogP contribution < -0.4 is 14.8 Å². The van der Waals surface area contributed by atoms with Crippen molar-refractivity contribution in [3.05, 3.63) is 58.1 Å². The van der Waals surface area contributed by atoms with Gasteiger partial charge in [-0.25, -0.2) is 0 Å². The van der Waals surface area contributed by atoms with Gasteiger partial charge in [-0.2, -0.15) is 13.2 Å². The fraction of sp³-hybridized carbons (Fsp3) is 0.235. The standard InChI is InChI=1S/C17H15F3N2O5/c1-10(27-13-5-3-4-11(8-13)17(18,19)20)16(23)21-14-7-6-12(22(24)25)9-15(14)26-2/h3-10H,1-2H3,(H,21,23). The Morgan fingerprint density at radius 2 is 1.93 bits per heavy atom. The number of benzene rings is 2. The van der Waals surface area contributed by atoms with Crippen molar-refractivity contribution >= 4 is 17.3 Å². The summed E-state index contributed by atoms with van der Waals surface area (Å²) < 4.78 is 48.4. The first-order valence-corrected chi connectivity index (χ1v) is 7.59. The lowest BCUT2D eigenvalue weighted by molar-refractivity contribution is -0.384. The Labute approximate surface area is 151 Å². The number of carbonyl (C=O) groups is 1. The van der Waals surface area contributed by atoms with Gasteiger partial charge in [-0.05, 0) is 31.2 Å². The van der Waals surface area contributed by atoms with Gasteiger partial charge in [-0.3, -0.25) is 14.9 Å². The highest BCUT2D eigenvalue weighted by Gasteiger charge is 2.31. The number of alkyl halides is 3. The highest BCUT2D eigenvalue weighted by atomic mass is 19.4. The lowest BCUT2D eigenvalue weighted by atomic mass is 10.2. The van der Waals surface area contributed by atoms with Crippen LogP contribution in [0.25, 0.3) is 0 Å². The zero-order valence-corrected chi connectivity index (χ0v) is 14.2. The highest BCUT2D eigenvalue weighted by Crippen LogP contribution is 2.32. The zero-order chi connectivity index (χ0) is 20.2. The number of nitrogens with zero attached hydrogens (tertiary/aromatic N) is 1. The summed E-state index contributed by atoms with van der Waals surface area (Å²) in [6, 6.07) is 7.74. The summed E-state index contributed by atoms with van der Waals surface area (Å²) in [6.45, 7) is 1.35. The quantitative estimate of drug-likeness (QED) is 0.600. The third-order valence-corrected chi connectivity index (χ3v) is 3.50. The molecule has 2 aromatic rings. The summed E-state index contributed by atoms with van der Waals surface area (Å²) in [5.41, 5.74) is -0.963. The van der Waals surface area contributed by atoms with Gasteiger partial charge >= 0.3 is 6.18 Å². The minimum Gasteiger partial charge on any atom is -0.494 e. The Morgan fingerprint density at radius 1 is 1.22 bits per heavy atom.